The molecule has 2 aromatic carbocycles. The molecule has 2 atom stereocenters. The Morgan fingerprint density at radius 3 is 2.44 bits per heavy atom. The highest BCUT2D eigenvalue weighted by atomic mass is 19.1. The fraction of sp³-hybridized carbons (Fsp3) is 0.385. The number of aromatic nitrogens is 4. The van der Waals surface area contributed by atoms with Crippen molar-refractivity contribution in [1.29, 1.82) is 0 Å². The van der Waals surface area contributed by atoms with Gasteiger partial charge in [-0.05, 0) is 47.4 Å². The van der Waals surface area contributed by atoms with E-state index in [-0.39, 0.29) is 11.7 Å². The monoisotopic (exact) mass is 464 g/mol. The Morgan fingerprint density at radius 1 is 0.971 bits per heavy atom. The average molecular weight is 465 g/mol. The number of aromatic amines is 1. The van der Waals surface area contributed by atoms with Crippen LogP contribution in [-0.2, 0) is 6.42 Å². The van der Waals surface area contributed by atoms with Gasteiger partial charge in [0.25, 0.3) is 0 Å². The number of alkyl halides is 1. The number of nitrogens with zero attached hydrogens (tertiary/aromatic N) is 5. The van der Waals surface area contributed by atoms with Gasteiger partial charge in [0.1, 0.15) is 24.6 Å². The van der Waals surface area contributed by atoms with Crippen LogP contribution < -0.4 is 0 Å². The molecule has 0 aliphatic carbocycles. The van der Waals surface area contributed by atoms with E-state index in [1.807, 2.05) is 29.0 Å². The zero-order chi connectivity index (χ0) is 23.5. The predicted molar refractivity (Wildman–Crippen MR) is 130 cm³/mol. The third-order valence-electron chi connectivity index (χ3n) is 6.78. The number of nitrogens with one attached hydrogen (secondary N) is 1. The zero-order valence-corrected chi connectivity index (χ0v) is 19.4. The van der Waals surface area contributed by atoms with E-state index in [9.17, 15) is 4.39 Å². The summed E-state index contributed by atoms with van der Waals surface area (Å²) >= 11 is 0. The summed E-state index contributed by atoms with van der Waals surface area (Å²) in [5.74, 6) is 0.0781. The van der Waals surface area contributed by atoms with Crippen LogP contribution in [0.25, 0.3) is 16.6 Å². The first-order valence-electron chi connectivity index (χ1n) is 11.8. The van der Waals surface area contributed by atoms with Gasteiger partial charge in [-0.15, -0.1) is 10.2 Å². The van der Waals surface area contributed by atoms with E-state index in [4.69, 9.17) is 0 Å². The molecule has 178 valence electrons. The molecule has 1 saturated heterocycles. The quantitative estimate of drug-likeness (QED) is 0.425. The number of hydrogen-bond acceptors (Lipinski definition) is 4. The van der Waals surface area contributed by atoms with Crippen molar-refractivity contribution in [2.24, 2.45) is 0 Å². The third-order valence-corrected chi connectivity index (χ3v) is 6.78. The second-order valence-corrected chi connectivity index (χ2v) is 9.27. The summed E-state index contributed by atoms with van der Waals surface area (Å²) in [4.78, 5) is 7.87. The van der Waals surface area contributed by atoms with Crippen molar-refractivity contribution in [1.82, 2.24) is 29.5 Å². The van der Waals surface area contributed by atoms with Crippen LogP contribution in [0.2, 0.25) is 0 Å². The minimum absolute atomic E-state index is 0.187. The first-order valence-corrected chi connectivity index (χ1v) is 11.8. The van der Waals surface area contributed by atoms with E-state index in [1.165, 1.54) is 6.07 Å². The number of hydrogen-bond donors (Lipinski definition) is 1. The summed E-state index contributed by atoms with van der Waals surface area (Å²) in [5.41, 5.74) is 3.97. The molecule has 0 spiro atoms. The molecular formula is C26H30F2N6. The molecular weight excluding hydrogens is 434 g/mol. The van der Waals surface area contributed by atoms with Crippen LogP contribution in [0.15, 0.2) is 61.3 Å². The van der Waals surface area contributed by atoms with E-state index in [1.54, 1.807) is 24.8 Å². The van der Waals surface area contributed by atoms with Crippen molar-refractivity contribution in [2.45, 2.75) is 25.4 Å². The molecule has 1 N–H and O–H groups in total. The van der Waals surface area contributed by atoms with Crippen molar-refractivity contribution in [3.63, 3.8) is 0 Å². The van der Waals surface area contributed by atoms with Gasteiger partial charge in [0.15, 0.2) is 0 Å². The van der Waals surface area contributed by atoms with Crippen LogP contribution in [0.4, 0.5) is 8.78 Å². The second kappa shape index (κ2) is 10.0. The third kappa shape index (κ3) is 5.18. The molecule has 1 fully saturated rings. The molecule has 34 heavy (non-hydrogen) atoms. The number of halogens is 2. The first kappa shape index (κ1) is 22.7. The number of fused-ring (bicyclic) bond motifs is 1. The maximum absolute atomic E-state index is 15.1. The van der Waals surface area contributed by atoms with E-state index < -0.39 is 6.17 Å². The van der Waals surface area contributed by atoms with Crippen molar-refractivity contribution in [3.05, 3.63) is 78.3 Å². The molecule has 0 amide bonds. The normalized spacial score (nSPS) is 17.3. The van der Waals surface area contributed by atoms with Gasteiger partial charge in [0.2, 0.25) is 0 Å². The predicted octanol–water partition coefficient (Wildman–Crippen LogP) is 4.19. The molecule has 0 unspecified atom stereocenters. The lowest BCUT2D eigenvalue weighted by atomic mass is 10.00. The highest BCUT2D eigenvalue weighted by molar-refractivity contribution is 5.85. The maximum Gasteiger partial charge on any atom is 0.123 e. The Morgan fingerprint density at radius 2 is 1.71 bits per heavy atom. The van der Waals surface area contributed by atoms with E-state index in [0.29, 0.717) is 13.0 Å². The van der Waals surface area contributed by atoms with Crippen LogP contribution in [0.5, 0.6) is 0 Å². The number of piperazine rings is 1. The second-order valence-electron chi connectivity index (χ2n) is 9.27. The van der Waals surface area contributed by atoms with Gasteiger partial charge >= 0.3 is 0 Å². The molecule has 0 bridgehead atoms. The zero-order valence-electron chi connectivity index (χ0n) is 19.4. The maximum atomic E-state index is 15.1. The lowest BCUT2D eigenvalue weighted by molar-refractivity contribution is 0.104. The number of H-pyrrole nitrogens is 1. The number of benzene rings is 2. The van der Waals surface area contributed by atoms with Gasteiger partial charge in [0, 0.05) is 68.5 Å². The SMILES string of the molecule is C[C@@H](CN1CCN(C[C@@H](F)Cc2c[nH]c3ccc(-n4cnnc4)cc23)CC1)c1cccc(F)c1. The highest BCUT2D eigenvalue weighted by Crippen LogP contribution is 2.24. The average Bonchev–Trinajstić information content (AvgIpc) is 3.51. The summed E-state index contributed by atoms with van der Waals surface area (Å²) in [6.07, 6.45) is 4.67. The molecule has 5 rings (SSSR count). The summed E-state index contributed by atoms with van der Waals surface area (Å²) in [5, 5.41) is 8.76. The minimum atomic E-state index is -0.935. The molecule has 1 aliphatic rings. The molecule has 1 aliphatic heterocycles. The summed E-state index contributed by atoms with van der Waals surface area (Å²) in [7, 11) is 0. The van der Waals surface area contributed by atoms with Crippen molar-refractivity contribution in [3.8, 4) is 5.69 Å². The summed E-state index contributed by atoms with van der Waals surface area (Å²) in [6, 6.07) is 12.9. The Labute approximate surface area is 198 Å². The largest absolute Gasteiger partial charge is 0.361 e. The summed E-state index contributed by atoms with van der Waals surface area (Å²) in [6.45, 7) is 6.97. The van der Waals surface area contributed by atoms with Crippen LogP contribution in [-0.4, -0.2) is 75.0 Å². The van der Waals surface area contributed by atoms with Crippen molar-refractivity contribution >= 4 is 10.9 Å². The van der Waals surface area contributed by atoms with Crippen LogP contribution in [0.3, 0.4) is 0 Å². The van der Waals surface area contributed by atoms with Gasteiger partial charge in [0.05, 0.1) is 0 Å². The fourth-order valence-electron chi connectivity index (χ4n) is 4.87. The van der Waals surface area contributed by atoms with Crippen molar-refractivity contribution in [2.75, 3.05) is 39.3 Å². The van der Waals surface area contributed by atoms with Gasteiger partial charge in [-0.2, -0.15) is 0 Å². The van der Waals surface area contributed by atoms with E-state index >= 15 is 4.39 Å². The van der Waals surface area contributed by atoms with Crippen LogP contribution >= 0.6 is 0 Å². The van der Waals surface area contributed by atoms with Gasteiger partial charge in [-0.25, -0.2) is 8.78 Å². The lowest BCUT2D eigenvalue weighted by Gasteiger charge is -2.36. The van der Waals surface area contributed by atoms with Gasteiger partial charge < -0.3 is 9.88 Å². The molecule has 6 nitrogen and oxygen atoms in total. The molecule has 0 saturated carbocycles. The molecule has 0 radical (unpaired) electrons. The number of rotatable bonds is 8. The van der Waals surface area contributed by atoms with E-state index in [2.05, 4.69) is 38.0 Å². The van der Waals surface area contributed by atoms with Gasteiger partial charge in [-0.3, -0.25) is 9.47 Å². The Balaban J connectivity index is 1.14. The Hall–Kier alpha value is -3.10. The fourth-order valence-corrected chi connectivity index (χ4v) is 4.87. The first-order chi connectivity index (χ1) is 16.5. The Kier molecular flexibility index (Phi) is 6.69. The molecule has 8 heteroatoms. The minimum Gasteiger partial charge on any atom is -0.361 e. The van der Waals surface area contributed by atoms with Crippen molar-refractivity contribution < 1.29 is 8.78 Å². The van der Waals surface area contributed by atoms with Crippen LogP contribution in [0, 0.1) is 5.82 Å². The van der Waals surface area contributed by atoms with E-state index in [0.717, 1.165) is 60.4 Å². The van der Waals surface area contributed by atoms with Gasteiger partial charge in [-0.1, -0.05) is 19.1 Å². The molecule has 2 aromatic heterocycles. The lowest BCUT2D eigenvalue weighted by Crippen LogP contribution is -2.49. The molecule has 3 heterocycles. The smallest absolute Gasteiger partial charge is 0.123 e. The molecule has 4 aromatic rings. The summed E-state index contributed by atoms with van der Waals surface area (Å²) < 4.78 is 30.5. The standard InChI is InChI=1S/C26H30F2N6/c1-19(20-3-2-4-22(27)11-20)15-32-7-9-33(10-8-32)16-23(28)12-21-14-29-26-6-5-24(13-25(21)26)34-17-30-31-18-34/h2-6,11,13-14,17-19,23,29H,7-10,12,15-16H2,1H3/t19-,23-/m0/s1. The Bertz CT molecular complexity index is 1210. The highest BCUT2D eigenvalue weighted by Gasteiger charge is 2.22. The van der Waals surface area contributed by atoms with Crippen LogP contribution in [0.1, 0.15) is 24.0 Å². The topological polar surface area (TPSA) is 53.0 Å².